The van der Waals surface area contributed by atoms with Gasteiger partial charge in [-0.2, -0.15) is 5.10 Å². The Hall–Kier alpha value is -3.18. The van der Waals surface area contributed by atoms with Crippen LogP contribution in [-0.2, 0) is 0 Å². The van der Waals surface area contributed by atoms with Crippen LogP contribution in [-0.4, -0.2) is 24.4 Å². The average Bonchev–Trinajstić information content (AvgIpc) is 3.25. The number of halogens is 1. The summed E-state index contributed by atoms with van der Waals surface area (Å²) < 4.78 is 17.4. The number of nitrogens with zero attached hydrogens (tertiary/aromatic N) is 2. The molecule has 2 aliphatic rings. The second-order valence-corrected chi connectivity index (χ2v) is 7.97. The topological polar surface area (TPSA) is 43.3 Å². The van der Waals surface area contributed by atoms with Crippen molar-refractivity contribution in [2.75, 3.05) is 13.7 Å². The maximum absolute atomic E-state index is 6.41. The SMILES string of the molecule is CCOc1ccc(C2Oc3ccc(Cl)cc3C3CC(c4cccc(OC)c4)=NN32)cc1. The zero-order valence-electron chi connectivity index (χ0n) is 17.4. The van der Waals surface area contributed by atoms with Gasteiger partial charge in [-0.1, -0.05) is 23.7 Å². The predicted octanol–water partition coefficient (Wildman–Crippen LogP) is 5.99. The summed E-state index contributed by atoms with van der Waals surface area (Å²) in [5.74, 6) is 2.49. The molecular weight excluding hydrogens is 412 g/mol. The van der Waals surface area contributed by atoms with Crippen molar-refractivity contribution >= 4 is 17.3 Å². The molecule has 2 atom stereocenters. The molecule has 0 N–H and O–H groups in total. The van der Waals surface area contributed by atoms with Crippen LogP contribution in [0.25, 0.3) is 0 Å². The molecule has 2 unspecified atom stereocenters. The maximum atomic E-state index is 6.41. The van der Waals surface area contributed by atoms with Gasteiger partial charge in [-0.3, -0.25) is 0 Å². The molecule has 0 spiro atoms. The van der Waals surface area contributed by atoms with Gasteiger partial charge in [0, 0.05) is 28.1 Å². The van der Waals surface area contributed by atoms with Crippen LogP contribution in [0.2, 0.25) is 5.02 Å². The Kier molecular flexibility index (Phi) is 5.20. The third kappa shape index (κ3) is 3.70. The average molecular weight is 435 g/mol. The van der Waals surface area contributed by atoms with E-state index in [0.717, 1.165) is 46.1 Å². The van der Waals surface area contributed by atoms with Crippen molar-refractivity contribution in [2.45, 2.75) is 25.6 Å². The monoisotopic (exact) mass is 434 g/mol. The zero-order chi connectivity index (χ0) is 21.4. The fourth-order valence-electron chi connectivity index (χ4n) is 4.15. The van der Waals surface area contributed by atoms with Crippen LogP contribution in [0.1, 0.15) is 42.3 Å². The normalized spacial score (nSPS) is 19.2. The number of fused-ring (bicyclic) bond motifs is 3. The molecule has 0 aromatic heterocycles. The highest BCUT2D eigenvalue weighted by atomic mass is 35.5. The van der Waals surface area contributed by atoms with Gasteiger partial charge in [0.05, 0.1) is 25.5 Å². The summed E-state index contributed by atoms with van der Waals surface area (Å²) >= 11 is 6.32. The van der Waals surface area contributed by atoms with Crippen molar-refractivity contribution < 1.29 is 14.2 Å². The molecule has 0 aliphatic carbocycles. The van der Waals surface area contributed by atoms with E-state index in [0.29, 0.717) is 11.6 Å². The van der Waals surface area contributed by atoms with Gasteiger partial charge in [-0.05, 0) is 61.5 Å². The summed E-state index contributed by atoms with van der Waals surface area (Å²) in [6, 6.07) is 21.8. The van der Waals surface area contributed by atoms with E-state index in [2.05, 4.69) is 6.07 Å². The Morgan fingerprint density at radius 3 is 2.68 bits per heavy atom. The summed E-state index contributed by atoms with van der Waals surface area (Å²) in [5.41, 5.74) is 4.11. The molecule has 0 amide bonds. The fraction of sp³-hybridized carbons (Fsp3) is 0.240. The highest BCUT2D eigenvalue weighted by molar-refractivity contribution is 6.30. The number of hydrazone groups is 1. The van der Waals surface area contributed by atoms with Crippen LogP contribution in [0.4, 0.5) is 0 Å². The Morgan fingerprint density at radius 2 is 1.90 bits per heavy atom. The lowest BCUT2D eigenvalue weighted by Crippen LogP contribution is -2.33. The summed E-state index contributed by atoms with van der Waals surface area (Å²) in [4.78, 5) is 0. The first-order valence-corrected chi connectivity index (χ1v) is 10.7. The van der Waals surface area contributed by atoms with Gasteiger partial charge < -0.3 is 14.2 Å². The fourth-order valence-corrected chi connectivity index (χ4v) is 4.33. The van der Waals surface area contributed by atoms with E-state index in [-0.39, 0.29) is 12.3 Å². The highest BCUT2D eigenvalue weighted by Crippen LogP contribution is 2.48. The van der Waals surface area contributed by atoms with Crippen molar-refractivity contribution in [1.82, 2.24) is 5.01 Å². The molecule has 0 fully saturated rings. The first kappa shape index (κ1) is 19.8. The van der Waals surface area contributed by atoms with Crippen LogP contribution in [0, 0.1) is 0 Å². The molecule has 5 rings (SSSR count). The quantitative estimate of drug-likeness (QED) is 0.494. The first-order chi connectivity index (χ1) is 15.2. The second kappa shape index (κ2) is 8.16. The molecule has 0 saturated carbocycles. The van der Waals surface area contributed by atoms with E-state index in [1.54, 1.807) is 7.11 Å². The molecule has 31 heavy (non-hydrogen) atoms. The van der Waals surface area contributed by atoms with E-state index in [1.807, 2.05) is 72.6 Å². The summed E-state index contributed by atoms with van der Waals surface area (Å²) in [5, 5.41) is 7.73. The van der Waals surface area contributed by atoms with E-state index < -0.39 is 0 Å². The lowest BCUT2D eigenvalue weighted by atomic mass is 9.96. The number of methoxy groups -OCH3 is 1. The molecule has 5 nitrogen and oxygen atoms in total. The third-order valence-electron chi connectivity index (χ3n) is 5.63. The van der Waals surface area contributed by atoms with E-state index in [1.165, 1.54) is 0 Å². The van der Waals surface area contributed by atoms with Crippen molar-refractivity contribution in [1.29, 1.82) is 0 Å². The molecule has 2 aliphatic heterocycles. The minimum Gasteiger partial charge on any atom is -0.497 e. The highest BCUT2D eigenvalue weighted by Gasteiger charge is 2.41. The number of benzene rings is 3. The van der Waals surface area contributed by atoms with Gasteiger partial charge >= 0.3 is 0 Å². The molecule has 3 aromatic rings. The van der Waals surface area contributed by atoms with Crippen molar-refractivity contribution in [2.24, 2.45) is 5.10 Å². The van der Waals surface area contributed by atoms with E-state index >= 15 is 0 Å². The smallest absolute Gasteiger partial charge is 0.213 e. The molecule has 158 valence electrons. The minimum atomic E-state index is -0.336. The van der Waals surface area contributed by atoms with Crippen molar-refractivity contribution in [3.05, 3.63) is 88.4 Å². The van der Waals surface area contributed by atoms with E-state index in [4.69, 9.17) is 30.9 Å². The maximum Gasteiger partial charge on any atom is 0.213 e. The van der Waals surface area contributed by atoms with Gasteiger partial charge in [0.1, 0.15) is 17.2 Å². The Morgan fingerprint density at radius 1 is 1.06 bits per heavy atom. The minimum absolute atomic E-state index is 0.0419. The van der Waals surface area contributed by atoms with Gasteiger partial charge in [0.25, 0.3) is 0 Å². The first-order valence-electron chi connectivity index (χ1n) is 10.4. The van der Waals surface area contributed by atoms with Gasteiger partial charge in [-0.15, -0.1) is 0 Å². The van der Waals surface area contributed by atoms with E-state index in [9.17, 15) is 0 Å². The van der Waals surface area contributed by atoms with Gasteiger partial charge in [0.2, 0.25) is 6.23 Å². The number of ether oxygens (including phenoxy) is 3. The molecule has 0 saturated heterocycles. The Labute approximate surface area is 186 Å². The molecule has 0 radical (unpaired) electrons. The van der Waals surface area contributed by atoms with Crippen LogP contribution >= 0.6 is 11.6 Å². The van der Waals surface area contributed by atoms with Crippen LogP contribution < -0.4 is 14.2 Å². The summed E-state index contributed by atoms with van der Waals surface area (Å²) in [7, 11) is 1.67. The summed E-state index contributed by atoms with van der Waals surface area (Å²) in [6.07, 6.45) is 0.426. The Bertz CT molecular complexity index is 1130. The van der Waals surface area contributed by atoms with Gasteiger partial charge in [0.15, 0.2) is 0 Å². The molecule has 0 bridgehead atoms. The molecular formula is C25H23ClN2O3. The van der Waals surface area contributed by atoms with Crippen LogP contribution in [0.15, 0.2) is 71.8 Å². The van der Waals surface area contributed by atoms with Crippen LogP contribution in [0.3, 0.4) is 0 Å². The van der Waals surface area contributed by atoms with Gasteiger partial charge in [-0.25, -0.2) is 5.01 Å². The summed E-state index contributed by atoms with van der Waals surface area (Å²) in [6.45, 7) is 2.61. The number of rotatable bonds is 5. The predicted molar refractivity (Wildman–Crippen MR) is 121 cm³/mol. The third-order valence-corrected chi connectivity index (χ3v) is 5.87. The zero-order valence-corrected chi connectivity index (χ0v) is 18.2. The van der Waals surface area contributed by atoms with Crippen molar-refractivity contribution in [3.63, 3.8) is 0 Å². The molecule has 2 heterocycles. The van der Waals surface area contributed by atoms with Crippen molar-refractivity contribution in [3.8, 4) is 17.2 Å². The largest absolute Gasteiger partial charge is 0.497 e. The lowest BCUT2D eigenvalue weighted by molar-refractivity contribution is -0.0190. The standard InChI is InChI=1S/C25H23ClN2O3/c1-3-30-19-10-7-16(8-11-19)25-28-23(21-14-18(26)9-12-24(21)31-25)15-22(27-28)17-5-4-6-20(13-17)29-2/h4-14,23,25H,3,15H2,1-2H3. The van der Waals surface area contributed by atoms with Crippen LogP contribution in [0.5, 0.6) is 17.2 Å². The number of hydrogen-bond donors (Lipinski definition) is 0. The molecule has 6 heteroatoms. The Balaban J connectivity index is 1.55. The lowest BCUT2D eigenvalue weighted by Gasteiger charge is -2.38. The molecule has 3 aromatic carbocycles. The number of hydrogen-bond acceptors (Lipinski definition) is 5. The second-order valence-electron chi connectivity index (χ2n) is 7.53.